The van der Waals surface area contributed by atoms with Crippen LogP contribution in [-0.4, -0.2) is 110 Å². The van der Waals surface area contributed by atoms with Crippen LogP contribution in [0.25, 0.3) is 5.65 Å². The summed E-state index contributed by atoms with van der Waals surface area (Å²) in [6.45, 7) is 12.9. The molecular weight excluding hydrogens is 632 g/mol. The summed E-state index contributed by atoms with van der Waals surface area (Å²) in [6.07, 6.45) is 8.56. The van der Waals surface area contributed by atoms with Crippen LogP contribution < -0.4 is 44.4 Å². The molecular formula is C31H37FLiN11O5. The van der Waals surface area contributed by atoms with E-state index in [1.165, 1.54) is 24.7 Å². The summed E-state index contributed by atoms with van der Waals surface area (Å²) in [5, 5.41) is 16.6. The Morgan fingerprint density at radius 2 is 1.47 bits per heavy atom. The number of carbonyl (C=O) groups excluding carboxylic acids is 3. The van der Waals surface area contributed by atoms with Crippen LogP contribution in [-0.2, 0) is 4.74 Å². The van der Waals surface area contributed by atoms with Crippen LogP contribution in [0.4, 0.5) is 26.5 Å². The topological polar surface area (TPSA) is 186 Å². The van der Waals surface area contributed by atoms with Crippen LogP contribution >= 0.6 is 0 Å². The number of hydrogen-bond acceptors (Lipinski definition) is 13. The Bertz CT molecular complexity index is 1750. The molecule has 16 nitrogen and oxygen atoms in total. The molecule has 2 N–H and O–H groups in total. The molecule has 2 fully saturated rings. The maximum absolute atomic E-state index is 14.1. The van der Waals surface area contributed by atoms with Crippen LogP contribution in [0.3, 0.4) is 0 Å². The van der Waals surface area contributed by atoms with E-state index >= 15 is 0 Å². The molecule has 18 heteroatoms. The molecule has 254 valence electrons. The van der Waals surface area contributed by atoms with Crippen LogP contribution in [0, 0.1) is 12.7 Å². The minimum Gasteiger partial charge on any atom is -0.543 e. The van der Waals surface area contributed by atoms with Crippen molar-refractivity contribution in [3.05, 3.63) is 66.1 Å². The molecule has 2 amide bonds. The molecule has 2 aliphatic heterocycles. The average Bonchev–Trinajstić information content (AvgIpc) is 3.45. The zero-order valence-corrected chi connectivity index (χ0v) is 28.1. The van der Waals surface area contributed by atoms with E-state index in [1.54, 1.807) is 34.8 Å². The zero-order valence-electron chi connectivity index (χ0n) is 28.1. The Morgan fingerprint density at radius 3 is 2.02 bits per heavy atom. The van der Waals surface area contributed by atoms with Gasteiger partial charge in [0, 0.05) is 70.8 Å². The van der Waals surface area contributed by atoms with Gasteiger partial charge in [0.15, 0.2) is 11.5 Å². The fourth-order valence-electron chi connectivity index (χ4n) is 4.97. The third-order valence-electron chi connectivity index (χ3n) is 7.30. The van der Waals surface area contributed by atoms with Gasteiger partial charge in [-0.3, -0.25) is 4.79 Å². The molecule has 0 atom stereocenters. The Balaban J connectivity index is 0.000000220. The molecule has 6 heterocycles. The first-order valence-electron chi connectivity index (χ1n) is 15.4. The van der Waals surface area contributed by atoms with E-state index in [0.29, 0.717) is 43.4 Å². The number of aromatic nitrogens is 6. The molecule has 0 bridgehead atoms. The van der Waals surface area contributed by atoms with Crippen LogP contribution in [0.15, 0.2) is 43.2 Å². The predicted molar refractivity (Wildman–Crippen MR) is 171 cm³/mol. The van der Waals surface area contributed by atoms with Gasteiger partial charge in [0.05, 0.1) is 42.1 Å². The Kier molecular flexibility index (Phi) is 12.1. The number of fused-ring (bicyclic) bond motifs is 1. The summed E-state index contributed by atoms with van der Waals surface area (Å²) in [7, 11) is 0. The minimum absolute atomic E-state index is 0. The van der Waals surface area contributed by atoms with E-state index in [2.05, 4.69) is 40.5 Å². The van der Waals surface area contributed by atoms with E-state index in [0.717, 1.165) is 32.0 Å². The molecule has 49 heavy (non-hydrogen) atoms. The van der Waals surface area contributed by atoms with Crippen molar-refractivity contribution in [1.29, 1.82) is 0 Å². The number of carboxylic acids is 1. The Labute approximate surface area is 294 Å². The third-order valence-corrected chi connectivity index (χ3v) is 7.30. The number of nitrogens with one attached hydrogen (secondary N) is 2. The number of carboxylic acid groups (broad SMARTS) is 1. The SMILES string of the molecule is CC(C)(C)OC(=O)N1CCN(c2cnc(C(=O)[O-])cn2)CC1.Cc1cn2cc(NC(=O)c3cnc(N4CCNCC4)cn3)cc(F)c2n1.[Li+]. The summed E-state index contributed by atoms with van der Waals surface area (Å²) < 4.78 is 21.0. The maximum Gasteiger partial charge on any atom is 1.00 e. The summed E-state index contributed by atoms with van der Waals surface area (Å²) in [5.41, 5.74) is 0.704. The summed E-state index contributed by atoms with van der Waals surface area (Å²) in [5.74, 6) is -0.983. The molecule has 6 rings (SSSR count). The van der Waals surface area contributed by atoms with Crippen molar-refractivity contribution in [2.24, 2.45) is 0 Å². The van der Waals surface area contributed by atoms with E-state index in [9.17, 15) is 23.9 Å². The van der Waals surface area contributed by atoms with Crippen molar-refractivity contribution in [2.45, 2.75) is 33.3 Å². The molecule has 4 aromatic heterocycles. The quantitative estimate of drug-likeness (QED) is 0.226. The largest absolute Gasteiger partial charge is 1.00 e. The van der Waals surface area contributed by atoms with E-state index in [-0.39, 0.29) is 42.0 Å². The maximum atomic E-state index is 14.1. The zero-order chi connectivity index (χ0) is 34.4. The molecule has 4 aromatic rings. The fraction of sp³-hybridized carbons (Fsp3) is 0.419. The second-order valence-electron chi connectivity index (χ2n) is 12.1. The van der Waals surface area contributed by atoms with Gasteiger partial charge in [0.1, 0.15) is 28.6 Å². The number of aromatic carboxylic acids is 1. The Morgan fingerprint density at radius 1 is 0.878 bits per heavy atom. The first-order valence-corrected chi connectivity index (χ1v) is 15.4. The van der Waals surface area contributed by atoms with E-state index < -0.39 is 23.3 Å². The second-order valence-corrected chi connectivity index (χ2v) is 12.1. The van der Waals surface area contributed by atoms with Crippen LogP contribution in [0.5, 0.6) is 0 Å². The normalized spacial score (nSPS) is 14.8. The number of nitrogens with zero attached hydrogens (tertiary/aromatic N) is 9. The van der Waals surface area contributed by atoms with Gasteiger partial charge in [-0.1, -0.05) is 0 Å². The van der Waals surface area contributed by atoms with Crippen molar-refractivity contribution in [1.82, 2.24) is 39.5 Å². The van der Waals surface area contributed by atoms with E-state index in [1.807, 2.05) is 25.7 Å². The summed E-state index contributed by atoms with van der Waals surface area (Å²) in [6, 6.07) is 1.24. The van der Waals surface area contributed by atoms with Gasteiger partial charge < -0.3 is 44.4 Å². The molecule has 2 aliphatic rings. The monoisotopic (exact) mass is 669 g/mol. The van der Waals surface area contributed by atoms with Crippen LogP contribution in [0.2, 0.25) is 0 Å². The molecule has 0 aliphatic carbocycles. The van der Waals surface area contributed by atoms with Gasteiger partial charge in [-0.25, -0.2) is 34.1 Å². The van der Waals surface area contributed by atoms with Gasteiger partial charge in [0.2, 0.25) is 0 Å². The second kappa shape index (κ2) is 16.0. The molecule has 0 aromatic carbocycles. The molecule has 2 saturated heterocycles. The van der Waals surface area contributed by atoms with E-state index in [4.69, 9.17) is 4.74 Å². The average molecular weight is 670 g/mol. The number of rotatable bonds is 5. The smallest absolute Gasteiger partial charge is 0.543 e. The van der Waals surface area contributed by atoms with Gasteiger partial charge >= 0.3 is 25.0 Å². The standard InChI is InChI=1S/C17H18FN7O.C14H20N4O4.Li/c1-11-9-25-10-12(6-13(18)16(25)22-11)23-17(26)14-7-21-15(8-20-14)24-4-2-19-3-5-24;1-14(2,3)22-13(21)18-6-4-17(5-7-18)11-9-15-10(8-16-11)12(19)20;/h6-10,19H,2-5H2,1H3,(H,23,26);8-9H,4-7H2,1-3H3,(H,19,20);/q;;+1/p-1. The fourth-order valence-corrected chi connectivity index (χ4v) is 4.97. The first-order chi connectivity index (χ1) is 22.9. The van der Waals surface area contributed by atoms with Crippen molar-refractivity contribution in [2.75, 3.05) is 67.5 Å². The number of amides is 2. The minimum atomic E-state index is -1.35. The van der Waals surface area contributed by atoms with Crippen LogP contribution in [0.1, 0.15) is 47.4 Å². The van der Waals surface area contributed by atoms with Gasteiger partial charge in [-0.15, -0.1) is 0 Å². The number of carbonyl (C=O) groups is 3. The third kappa shape index (κ3) is 9.84. The van der Waals surface area contributed by atoms with Gasteiger partial charge in [0.25, 0.3) is 5.91 Å². The van der Waals surface area contributed by atoms with Crippen molar-refractivity contribution < 1.29 is 47.5 Å². The molecule has 0 radical (unpaired) electrons. The number of hydrogen-bond donors (Lipinski definition) is 2. The number of piperazine rings is 2. The number of halogens is 1. The molecule has 0 spiro atoms. The molecule has 0 saturated carbocycles. The summed E-state index contributed by atoms with van der Waals surface area (Å²) in [4.78, 5) is 61.1. The summed E-state index contributed by atoms with van der Waals surface area (Å²) >= 11 is 0. The number of anilines is 3. The van der Waals surface area contributed by atoms with Gasteiger partial charge in [-0.2, -0.15) is 0 Å². The van der Waals surface area contributed by atoms with Crippen molar-refractivity contribution in [3.63, 3.8) is 0 Å². The molecule has 0 unspecified atom stereocenters. The van der Waals surface area contributed by atoms with Gasteiger partial charge in [-0.05, 0) is 27.7 Å². The number of ether oxygens (including phenoxy) is 1. The van der Waals surface area contributed by atoms with Crippen molar-refractivity contribution >= 4 is 40.9 Å². The number of imidazole rings is 1. The first kappa shape index (κ1) is 37.0. The predicted octanol–water partition coefficient (Wildman–Crippen LogP) is -1.87. The number of pyridine rings is 1. The van der Waals surface area contributed by atoms with Crippen molar-refractivity contribution in [3.8, 4) is 0 Å². The number of aryl methyl sites for hydroxylation is 1. The Hall–Kier alpha value is -4.85.